The van der Waals surface area contributed by atoms with Crippen molar-refractivity contribution in [1.82, 2.24) is 5.32 Å². The molecule has 1 N–H and O–H groups in total. The molecule has 1 rings (SSSR count). The number of rotatable bonds is 6. The third-order valence-electron chi connectivity index (χ3n) is 2.55. The summed E-state index contributed by atoms with van der Waals surface area (Å²) < 4.78 is 38.0. The summed E-state index contributed by atoms with van der Waals surface area (Å²) in [6.45, 7) is 3.74. The van der Waals surface area contributed by atoms with Gasteiger partial charge in [0.2, 0.25) is 0 Å². The molecule has 1 aromatic rings. The van der Waals surface area contributed by atoms with E-state index in [1.54, 1.807) is 12.1 Å². The van der Waals surface area contributed by atoms with E-state index < -0.39 is 11.7 Å². The molecule has 4 heteroatoms. The molecule has 0 unspecified atom stereocenters. The van der Waals surface area contributed by atoms with Crippen LogP contribution in [0.15, 0.2) is 24.3 Å². The third-order valence-corrected chi connectivity index (χ3v) is 2.55. The quantitative estimate of drug-likeness (QED) is 0.754. The fourth-order valence-electron chi connectivity index (χ4n) is 1.72. The Bertz CT molecular complexity index is 334. The van der Waals surface area contributed by atoms with Crippen LogP contribution in [-0.4, -0.2) is 13.1 Å². The molecule has 0 radical (unpaired) electrons. The topological polar surface area (TPSA) is 12.0 Å². The molecule has 0 aromatic heterocycles. The summed E-state index contributed by atoms with van der Waals surface area (Å²) in [5.41, 5.74) is -0.117. The van der Waals surface area contributed by atoms with Crippen LogP contribution in [-0.2, 0) is 12.6 Å². The molecule has 1 nitrogen and oxygen atoms in total. The Labute approximate surface area is 100 Å². The van der Waals surface area contributed by atoms with Crippen LogP contribution in [0.5, 0.6) is 0 Å². The number of alkyl halides is 3. The minimum absolute atomic E-state index is 0.387. The third kappa shape index (κ3) is 4.77. The summed E-state index contributed by atoms with van der Waals surface area (Å²) in [4.78, 5) is 0. The van der Waals surface area contributed by atoms with Gasteiger partial charge < -0.3 is 5.32 Å². The van der Waals surface area contributed by atoms with Gasteiger partial charge in [0, 0.05) is 0 Å². The average molecular weight is 245 g/mol. The minimum Gasteiger partial charge on any atom is -0.317 e. The Balaban J connectivity index is 2.53. The SMILES string of the molecule is CCCNCCCc1ccccc1C(F)(F)F. The summed E-state index contributed by atoms with van der Waals surface area (Å²) in [6.07, 6.45) is -2.01. The number of nitrogens with one attached hydrogen (secondary N) is 1. The lowest BCUT2D eigenvalue weighted by molar-refractivity contribution is -0.138. The molecule has 0 atom stereocenters. The molecule has 1 aromatic carbocycles. The van der Waals surface area contributed by atoms with Crippen molar-refractivity contribution in [3.63, 3.8) is 0 Å². The summed E-state index contributed by atoms with van der Waals surface area (Å²) >= 11 is 0. The van der Waals surface area contributed by atoms with Crippen molar-refractivity contribution in [2.75, 3.05) is 13.1 Å². The highest BCUT2D eigenvalue weighted by Gasteiger charge is 2.32. The van der Waals surface area contributed by atoms with Gasteiger partial charge in [-0.1, -0.05) is 25.1 Å². The molecule has 0 bridgehead atoms. The maximum Gasteiger partial charge on any atom is 0.416 e. The van der Waals surface area contributed by atoms with Crippen molar-refractivity contribution in [2.45, 2.75) is 32.4 Å². The van der Waals surface area contributed by atoms with Gasteiger partial charge in [-0.2, -0.15) is 13.2 Å². The van der Waals surface area contributed by atoms with Gasteiger partial charge in [0.25, 0.3) is 0 Å². The smallest absolute Gasteiger partial charge is 0.317 e. The summed E-state index contributed by atoms with van der Waals surface area (Å²) in [7, 11) is 0. The van der Waals surface area contributed by atoms with Crippen LogP contribution in [0.25, 0.3) is 0 Å². The van der Waals surface area contributed by atoms with Crippen molar-refractivity contribution in [1.29, 1.82) is 0 Å². The number of benzene rings is 1. The molecule has 0 heterocycles. The first-order valence-corrected chi connectivity index (χ1v) is 5.91. The second-order valence-corrected chi connectivity index (χ2v) is 4.01. The van der Waals surface area contributed by atoms with E-state index in [4.69, 9.17) is 0 Å². The highest BCUT2D eigenvalue weighted by molar-refractivity contribution is 5.29. The summed E-state index contributed by atoms with van der Waals surface area (Å²) in [5, 5.41) is 3.18. The average Bonchev–Trinajstić information content (AvgIpc) is 2.28. The van der Waals surface area contributed by atoms with Gasteiger partial charge in [-0.25, -0.2) is 0 Å². The van der Waals surface area contributed by atoms with E-state index >= 15 is 0 Å². The fourth-order valence-corrected chi connectivity index (χ4v) is 1.72. The van der Waals surface area contributed by atoms with Crippen molar-refractivity contribution < 1.29 is 13.2 Å². The maximum absolute atomic E-state index is 12.7. The predicted octanol–water partition coefficient (Wildman–Crippen LogP) is 3.64. The van der Waals surface area contributed by atoms with E-state index in [-0.39, 0.29) is 0 Å². The zero-order valence-corrected chi connectivity index (χ0v) is 9.98. The summed E-state index contributed by atoms with van der Waals surface area (Å²) in [6, 6.07) is 5.79. The Hall–Kier alpha value is -1.03. The zero-order chi connectivity index (χ0) is 12.7. The molecule has 0 spiro atoms. The largest absolute Gasteiger partial charge is 0.416 e. The van der Waals surface area contributed by atoms with E-state index in [2.05, 4.69) is 12.2 Å². The Kier molecular flexibility index (Phi) is 5.48. The van der Waals surface area contributed by atoms with Gasteiger partial charge in [0.15, 0.2) is 0 Å². The van der Waals surface area contributed by atoms with Gasteiger partial charge in [-0.15, -0.1) is 0 Å². The number of aryl methyl sites for hydroxylation is 1. The van der Waals surface area contributed by atoms with Gasteiger partial charge in [-0.3, -0.25) is 0 Å². The monoisotopic (exact) mass is 245 g/mol. The van der Waals surface area contributed by atoms with Crippen molar-refractivity contribution in [2.24, 2.45) is 0 Å². The van der Waals surface area contributed by atoms with Gasteiger partial charge in [0.1, 0.15) is 0 Å². The van der Waals surface area contributed by atoms with E-state index in [0.29, 0.717) is 12.0 Å². The maximum atomic E-state index is 12.7. The van der Waals surface area contributed by atoms with Crippen LogP contribution in [0.2, 0.25) is 0 Å². The molecule has 96 valence electrons. The summed E-state index contributed by atoms with van der Waals surface area (Å²) in [5.74, 6) is 0. The standard InChI is InChI=1S/C13H18F3N/c1-2-9-17-10-5-7-11-6-3-4-8-12(11)13(14,15)16/h3-4,6,8,17H,2,5,7,9-10H2,1H3. The van der Waals surface area contributed by atoms with E-state index in [1.165, 1.54) is 6.07 Å². The molecule has 0 aliphatic heterocycles. The van der Waals surface area contributed by atoms with Gasteiger partial charge in [-0.05, 0) is 44.0 Å². The highest BCUT2D eigenvalue weighted by Crippen LogP contribution is 2.32. The van der Waals surface area contributed by atoms with E-state index in [0.717, 1.165) is 32.0 Å². The van der Waals surface area contributed by atoms with Crippen LogP contribution < -0.4 is 5.32 Å². The lowest BCUT2D eigenvalue weighted by Crippen LogP contribution is -2.17. The first-order chi connectivity index (χ1) is 8.05. The van der Waals surface area contributed by atoms with Crippen molar-refractivity contribution in [3.05, 3.63) is 35.4 Å². The van der Waals surface area contributed by atoms with E-state index in [1.807, 2.05) is 0 Å². The first-order valence-electron chi connectivity index (χ1n) is 5.91. The molecule has 17 heavy (non-hydrogen) atoms. The lowest BCUT2D eigenvalue weighted by atomic mass is 10.0. The van der Waals surface area contributed by atoms with Crippen LogP contribution in [0.4, 0.5) is 13.2 Å². The van der Waals surface area contributed by atoms with Crippen LogP contribution in [0.1, 0.15) is 30.9 Å². The minimum atomic E-state index is -4.24. The highest BCUT2D eigenvalue weighted by atomic mass is 19.4. The van der Waals surface area contributed by atoms with Gasteiger partial charge >= 0.3 is 6.18 Å². The molecule has 0 saturated heterocycles. The molecule has 0 aliphatic carbocycles. The zero-order valence-electron chi connectivity index (χ0n) is 9.98. The van der Waals surface area contributed by atoms with Crippen LogP contribution >= 0.6 is 0 Å². The Morgan fingerprint density at radius 2 is 1.82 bits per heavy atom. The molecular formula is C13H18F3N. The van der Waals surface area contributed by atoms with Crippen LogP contribution in [0.3, 0.4) is 0 Å². The Morgan fingerprint density at radius 3 is 2.47 bits per heavy atom. The molecular weight excluding hydrogens is 227 g/mol. The molecule has 0 saturated carbocycles. The van der Waals surface area contributed by atoms with Crippen LogP contribution in [0, 0.1) is 0 Å². The first kappa shape index (κ1) is 14.0. The molecule has 0 fully saturated rings. The van der Waals surface area contributed by atoms with Crippen molar-refractivity contribution >= 4 is 0 Å². The normalized spacial score (nSPS) is 11.8. The number of halogens is 3. The fraction of sp³-hybridized carbons (Fsp3) is 0.538. The second kappa shape index (κ2) is 6.64. The second-order valence-electron chi connectivity index (χ2n) is 4.01. The number of hydrogen-bond acceptors (Lipinski definition) is 1. The van der Waals surface area contributed by atoms with Gasteiger partial charge in [0.05, 0.1) is 5.56 Å². The van der Waals surface area contributed by atoms with Crippen molar-refractivity contribution in [3.8, 4) is 0 Å². The Morgan fingerprint density at radius 1 is 1.12 bits per heavy atom. The predicted molar refractivity (Wildman–Crippen MR) is 62.9 cm³/mol. The molecule has 0 amide bonds. The lowest BCUT2D eigenvalue weighted by Gasteiger charge is -2.12. The van der Waals surface area contributed by atoms with E-state index in [9.17, 15) is 13.2 Å². The molecule has 0 aliphatic rings. The number of hydrogen-bond donors (Lipinski definition) is 1.